The van der Waals surface area contributed by atoms with E-state index in [0.717, 1.165) is 10.5 Å². The number of imide groups is 2. The van der Waals surface area contributed by atoms with Gasteiger partial charge in [-0.1, -0.05) is 91.0 Å². The van der Waals surface area contributed by atoms with Crippen LogP contribution in [0.1, 0.15) is 16.7 Å². The maximum absolute atomic E-state index is 13.5. The molecule has 2 N–H and O–H groups in total. The second-order valence-electron chi connectivity index (χ2n) is 7.44. The number of urea groups is 1. The lowest BCUT2D eigenvalue weighted by Gasteiger charge is -2.27. The van der Waals surface area contributed by atoms with E-state index in [1.165, 1.54) is 0 Å². The number of hydrogen-bond donors (Lipinski definition) is 2. The third kappa shape index (κ3) is 4.00. The van der Waals surface area contributed by atoms with Gasteiger partial charge in [0.25, 0.3) is 5.91 Å². The summed E-state index contributed by atoms with van der Waals surface area (Å²) < 4.78 is 0. The van der Waals surface area contributed by atoms with Crippen LogP contribution in [0.4, 0.5) is 4.79 Å². The second-order valence-corrected chi connectivity index (χ2v) is 7.44. The molecule has 160 valence electrons. The molecule has 3 aromatic rings. The van der Waals surface area contributed by atoms with Crippen molar-refractivity contribution in [2.24, 2.45) is 0 Å². The summed E-state index contributed by atoms with van der Waals surface area (Å²) in [6.07, 6.45) is 0.0185. The average molecular weight is 427 g/mol. The van der Waals surface area contributed by atoms with E-state index >= 15 is 0 Å². The molecule has 0 aliphatic carbocycles. The molecule has 32 heavy (non-hydrogen) atoms. The summed E-state index contributed by atoms with van der Waals surface area (Å²) in [6, 6.07) is 26.0. The van der Waals surface area contributed by atoms with Crippen LogP contribution in [0.25, 0.3) is 0 Å². The number of hydrogen-bond acceptors (Lipinski definition) is 4. The van der Waals surface area contributed by atoms with Crippen molar-refractivity contribution in [3.8, 4) is 0 Å². The van der Waals surface area contributed by atoms with Gasteiger partial charge in [0.15, 0.2) is 5.54 Å². The molecule has 0 radical (unpaired) electrons. The fourth-order valence-corrected chi connectivity index (χ4v) is 3.82. The van der Waals surface area contributed by atoms with Gasteiger partial charge in [0, 0.05) is 0 Å². The van der Waals surface area contributed by atoms with Crippen LogP contribution in [0.3, 0.4) is 0 Å². The fraction of sp³-hybridized carbons (Fsp3) is 0.120. The molecular formula is C25H21N3O4. The molecule has 0 spiro atoms. The minimum absolute atomic E-state index is 0.0185. The van der Waals surface area contributed by atoms with Crippen molar-refractivity contribution in [3.63, 3.8) is 0 Å². The van der Waals surface area contributed by atoms with Crippen molar-refractivity contribution in [2.75, 3.05) is 6.54 Å². The Hall–Kier alpha value is -4.26. The zero-order chi connectivity index (χ0) is 22.6. The first-order valence-corrected chi connectivity index (χ1v) is 10.1. The summed E-state index contributed by atoms with van der Waals surface area (Å²) in [5.74, 6) is -1.82. The van der Waals surface area contributed by atoms with Gasteiger partial charge in [0.1, 0.15) is 6.54 Å². The van der Waals surface area contributed by atoms with E-state index in [0.29, 0.717) is 11.1 Å². The maximum atomic E-state index is 13.5. The molecule has 0 bridgehead atoms. The summed E-state index contributed by atoms with van der Waals surface area (Å²) in [5.41, 5.74) is 0.452. The minimum Gasteiger partial charge on any atom is -0.315 e. The number of rotatable bonds is 6. The molecule has 1 aliphatic heterocycles. The third-order valence-corrected chi connectivity index (χ3v) is 5.31. The zero-order valence-corrected chi connectivity index (χ0v) is 17.2. The zero-order valence-electron chi connectivity index (χ0n) is 17.2. The Labute approximate surface area is 185 Å². The molecule has 1 saturated heterocycles. The topological polar surface area (TPSA) is 95.6 Å². The lowest BCUT2D eigenvalue weighted by Crippen LogP contribution is -2.46. The van der Waals surface area contributed by atoms with Gasteiger partial charge in [-0.2, -0.15) is 0 Å². The highest BCUT2D eigenvalue weighted by Crippen LogP contribution is 2.35. The van der Waals surface area contributed by atoms with E-state index in [1.807, 2.05) is 18.2 Å². The van der Waals surface area contributed by atoms with Crippen LogP contribution in [-0.4, -0.2) is 35.2 Å². The second kappa shape index (κ2) is 8.85. The first kappa shape index (κ1) is 21.0. The molecule has 7 heteroatoms. The van der Waals surface area contributed by atoms with Gasteiger partial charge in [-0.25, -0.2) is 4.79 Å². The van der Waals surface area contributed by atoms with E-state index in [1.54, 1.807) is 72.8 Å². The Morgan fingerprint density at radius 3 is 1.78 bits per heavy atom. The van der Waals surface area contributed by atoms with Crippen LogP contribution in [0.2, 0.25) is 0 Å². The highest BCUT2D eigenvalue weighted by atomic mass is 16.2. The summed E-state index contributed by atoms with van der Waals surface area (Å²) in [4.78, 5) is 51.8. The first-order chi connectivity index (χ1) is 15.5. The van der Waals surface area contributed by atoms with Crippen LogP contribution in [-0.2, 0) is 26.3 Å². The number of nitrogens with zero attached hydrogens (tertiary/aromatic N) is 1. The number of amides is 5. The molecule has 5 amide bonds. The number of benzene rings is 3. The highest BCUT2D eigenvalue weighted by Gasteiger charge is 2.54. The van der Waals surface area contributed by atoms with Crippen LogP contribution in [0, 0.1) is 0 Å². The van der Waals surface area contributed by atoms with E-state index < -0.39 is 35.8 Å². The number of nitrogens with one attached hydrogen (secondary N) is 2. The molecule has 1 heterocycles. The quantitative estimate of drug-likeness (QED) is 0.591. The Morgan fingerprint density at radius 2 is 1.25 bits per heavy atom. The molecule has 3 aromatic carbocycles. The highest BCUT2D eigenvalue weighted by molar-refractivity contribution is 6.12. The summed E-state index contributed by atoms with van der Waals surface area (Å²) in [6.45, 7) is -0.563. The molecule has 0 unspecified atom stereocenters. The third-order valence-electron chi connectivity index (χ3n) is 5.31. The van der Waals surface area contributed by atoms with Crippen LogP contribution in [0.5, 0.6) is 0 Å². The van der Waals surface area contributed by atoms with Gasteiger partial charge in [0.2, 0.25) is 11.8 Å². The van der Waals surface area contributed by atoms with E-state index in [4.69, 9.17) is 0 Å². The van der Waals surface area contributed by atoms with Crippen molar-refractivity contribution < 1.29 is 19.2 Å². The molecule has 7 nitrogen and oxygen atoms in total. The fourth-order valence-electron chi connectivity index (χ4n) is 3.82. The molecule has 4 rings (SSSR count). The van der Waals surface area contributed by atoms with Gasteiger partial charge >= 0.3 is 6.03 Å². The van der Waals surface area contributed by atoms with Gasteiger partial charge < -0.3 is 5.32 Å². The van der Waals surface area contributed by atoms with Crippen molar-refractivity contribution in [1.82, 2.24) is 15.5 Å². The summed E-state index contributed by atoms with van der Waals surface area (Å²) in [5, 5.41) is 5.02. The van der Waals surface area contributed by atoms with E-state index in [2.05, 4.69) is 10.6 Å². The Kier molecular flexibility index (Phi) is 5.81. The SMILES string of the molecule is O=C(Cc1ccccc1)NC(=O)CN1C(=O)NC(c2ccccc2)(c2ccccc2)C1=O. The monoisotopic (exact) mass is 427 g/mol. The minimum atomic E-state index is -1.45. The standard InChI is InChI=1S/C25H21N3O4/c29-21(16-18-10-4-1-5-11-18)26-22(30)17-28-23(31)25(27-24(28)32,19-12-6-2-7-13-19)20-14-8-3-9-15-20/h1-15H,16-17H2,(H,27,32)(H,26,29,30). The molecular weight excluding hydrogens is 406 g/mol. The number of carbonyl (C=O) groups excluding carboxylic acids is 4. The first-order valence-electron chi connectivity index (χ1n) is 10.1. The van der Waals surface area contributed by atoms with Crippen molar-refractivity contribution >= 4 is 23.8 Å². The average Bonchev–Trinajstić information content (AvgIpc) is 3.06. The van der Waals surface area contributed by atoms with Gasteiger partial charge in [0.05, 0.1) is 6.42 Å². The van der Waals surface area contributed by atoms with Crippen molar-refractivity contribution in [1.29, 1.82) is 0 Å². The van der Waals surface area contributed by atoms with Crippen molar-refractivity contribution in [2.45, 2.75) is 12.0 Å². The van der Waals surface area contributed by atoms with Gasteiger partial charge in [-0.15, -0.1) is 0 Å². The van der Waals surface area contributed by atoms with Crippen LogP contribution in [0.15, 0.2) is 91.0 Å². The lowest BCUT2D eigenvalue weighted by atomic mass is 9.82. The van der Waals surface area contributed by atoms with Gasteiger partial charge in [-0.05, 0) is 16.7 Å². The summed E-state index contributed by atoms with van der Waals surface area (Å²) in [7, 11) is 0. The maximum Gasteiger partial charge on any atom is 0.326 e. The predicted octanol–water partition coefficient (Wildman–Crippen LogP) is 2.37. The smallest absolute Gasteiger partial charge is 0.315 e. The Balaban J connectivity index is 1.54. The molecule has 0 saturated carbocycles. The van der Waals surface area contributed by atoms with Gasteiger partial charge in [-0.3, -0.25) is 24.6 Å². The van der Waals surface area contributed by atoms with E-state index in [9.17, 15) is 19.2 Å². The lowest BCUT2D eigenvalue weighted by molar-refractivity contribution is -0.136. The molecule has 1 fully saturated rings. The predicted molar refractivity (Wildman–Crippen MR) is 117 cm³/mol. The Morgan fingerprint density at radius 1 is 0.750 bits per heavy atom. The van der Waals surface area contributed by atoms with Crippen LogP contribution >= 0.6 is 0 Å². The normalized spacial score (nSPS) is 14.7. The van der Waals surface area contributed by atoms with Crippen molar-refractivity contribution in [3.05, 3.63) is 108 Å². The van der Waals surface area contributed by atoms with E-state index in [-0.39, 0.29) is 6.42 Å². The largest absolute Gasteiger partial charge is 0.326 e. The summed E-state index contributed by atoms with van der Waals surface area (Å²) >= 11 is 0. The molecule has 0 aromatic heterocycles. The van der Waals surface area contributed by atoms with Crippen LogP contribution < -0.4 is 10.6 Å². The number of carbonyl (C=O) groups is 4. The molecule has 1 aliphatic rings. The molecule has 0 atom stereocenters. The Bertz CT molecular complexity index is 1110.